The second kappa shape index (κ2) is 10.1. The zero-order valence-corrected chi connectivity index (χ0v) is 18.4. The molecule has 1 saturated carbocycles. The third-order valence-corrected chi connectivity index (χ3v) is 4.83. The fourth-order valence-corrected chi connectivity index (χ4v) is 3.00. The molecule has 0 unspecified atom stereocenters. The van der Waals surface area contributed by atoms with Crippen LogP contribution >= 0.6 is 0 Å². The number of ether oxygens (including phenoxy) is 1. The number of hydrogen-bond donors (Lipinski definition) is 3. The molecule has 0 aliphatic heterocycles. The van der Waals surface area contributed by atoms with Crippen LogP contribution in [0.1, 0.15) is 42.6 Å². The lowest BCUT2D eigenvalue weighted by molar-refractivity contribution is 0.0951. The van der Waals surface area contributed by atoms with Gasteiger partial charge in [0, 0.05) is 35.6 Å². The first-order chi connectivity index (χ1) is 14.3. The fourth-order valence-electron chi connectivity index (χ4n) is 3.00. The molecule has 0 bridgehead atoms. The minimum atomic E-state index is -0.174. The molecule has 0 spiro atoms. The third-order valence-electron chi connectivity index (χ3n) is 4.83. The Morgan fingerprint density at radius 3 is 2.47 bits per heavy atom. The summed E-state index contributed by atoms with van der Waals surface area (Å²) in [5.74, 6) is -0.110. The number of nitrogens with zero attached hydrogens (tertiary/aromatic N) is 1. The van der Waals surface area contributed by atoms with E-state index in [-0.39, 0.29) is 23.6 Å². The van der Waals surface area contributed by atoms with Crippen molar-refractivity contribution in [1.82, 2.24) is 9.88 Å². The Morgan fingerprint density at radius 1 is 1.23 bits per heavy atom. The van der Waals surface area contributed by atoms with Crippen LogP contribution < -0.4 is 32.9 Å². The monoisotopic (exact) mass is 412 g/mol. The van der Waals surface area contributed by atoms with Crippen molar-refractivity contribution in [3.63, 3.8) is 0 Å². The number of nitrogens with two attached hydrogens (primary N) is 2. The van der Waals surface area contributed by atoms with Crippen molar-refractivity contribution in [2.45, 2.75) is 45.8 Å². The Bertz CT molecular complexity index is 1080. The Morgan fingerprint density at radius 2 is 1.90 bits per heavy atom. The molecule has 0 saturated heterocycles. The van der Waals surface area contributed by atoms with Gasteiger partial charge in [0.2, 0.25) is 0 Å². The van der Waals surface area contributed by atoms with E-state index in [0.29, 0.717) is 21.7 Å². The lowest BCUT2D eigenvalue weighted by Gasteiger charge is -2.12. The van der Waals surface area contributed by atoms with Gasteiger partial charge in [-0.1, -0.05) is 6.07 Å². The van der Waals surface area contributed by atoms with E-state index in [9.17, 15) is 9.59 Å². The SMILES string of the molecule is CN.Cc1ccc(C(=O)NC2CC2)cc1-c1cc(=C/N)/c(=C/OC(C)C)n(C)c1=O. The Hall–Kier alpha value is -3.06. The van der Waals surface area contributed by atoms with Gasteiger partial charge in [-0.25, -0.2) is 0 Å². The predicted molar refractivity (Wildman–Crippen MR) is 121 cm³/mol. The molecule has 1 aliphatic carbocycles. The molecule has 0 atom stereocenters. The molecule has 1 heterocycles. The number of rotatable bonds is 5. The Kier molecular flexibility index (Phi) is 7.83. The summed E-state index contributed by atoms with van der Waals surface area (Å²) >= 11 is 0. The normalized spacial score (nSPS) is 14.4. The predicted octanol–water partition coefficient (Wildman–Crippen LogP) is 0.688. The second-order valence-corrected chi connectivity index (χ2v) is 7.51. The van der Waals surface area contributed by atoms with Crippen molar-refractivity contribution in [3.05, 3.63) is 56.3 Å². The minimum Gasteiger partial charge on any atom is -0.496 e. The highest BCUT2D eigenvalue weighted by Crippen LogP contribution is 2.23. The van der Waals surface area contributed by atoms with Crippen molar-refractivity contribution in [1.29, 1.82) is 0 Å². The van der Waals surface area contributed by atoms with Crippen LogP contribution in [0.15, 0.2) is 29.1 Å². The maximum atomic E-state index is 13.1. The highest BCUT2D eigenvalue weighted by Gasteiger charge is 2.24. The van der Waals surface area contributed by atoms with Gasteiger partial charge in [-0.05, 0) is 70.0 Å². The van der Waals surface area contributed by atoms with E-state index in [2.05, 4.69) is 11.1 Å². The zero-order chi connectivity index (χ0) is 22.4. The van der Waals surface area contributed by atoms with Crippen LogP contribution in [0.5, 0.6) is 0 Å². The highest BCUT2D eigenvalue weighted by atomic mass is 16.5. The van der Waals surface area contributed by atoms with E-state index in [1.807, 2.05) is 26.8 Å². The van der Waals surface area contributed by atoms with Crippen molar-refractivity contribution in [3.8, 4) is 11.1 Å². The van der Waals surface area contributed by atoms with Crippen LogP contribution in [0.4, 0.5) is 0 Å². The van der Waals surface area contributed by atoms with E-state index in [1.54, 1.807) is 31.5 Å². The van der Waals surface area contributed by atoms with Gasteiger partial charge in [0.05, 0.1) is 11.5 Å². The first-order valence-corrected chi connectivity index (χ1v) is 10.1. The topological polar surface area (TPSA) is 112 Å². The molecular formula is C23H32N4O3. The van der Waals surface area contributed by atoms with Crippen LogP contribution in [0.3, 0.4) is 0 Å². The molecule has 3 rings (SSSR count). The summed E-state index contributed by atoms with van der Waals surface area (Å²) in [5, 5.41) is 4.27. The van der Waals surface area contributed by atoms with Gasteiger partial charge in [0.15, 0.2) is 0 Å². The molecule has 0 radical (unpaired) electrons. The van der Waals surface area contributed by atoms with E-state index in [4.69, 9.17) is 10.5 Å². The number of hydrogen-bond acceptors (Lipinski definition) is 5. The number of benzene rings is 1. The minimum absolute atomic E-state index is 0.00990. The molecular weight excluding hydrogens is 380 g/mol. The summed E-state index contributed by atoms with van der Waals surface area (Å²) < 4.78 is 7.08. The molecule has 1 aromatic carbocycles. The van der Waals surface area contributed by atoms with Crippen molar-refractivity contribution >= 4 is 18.4 Å². The summed E-state index contributed by atoms with van der Waals surface area (Å²) in [6, 6.07) is 7.46. The number of amides is 1. The molecule has 1 aliphatic rings. The van der Waals surface area contributed by atoms with Crippen LogP contribution in [-0.2, 0) is 11.8 Å². The van der Waals surface area contributed by atoms with Crippen LogP contribution in [0, 0.1) is 6.92 Å². The summed E-state index contributed by atoms with van der Waals surface area (Å²) in [7, 11) is 3.19. The fraction of sp³-hybridized carbons (Fsp3) is 0.391. The van der Waals surface area contributed by atoms with Crippen LogP contribution in [-0.4, -0.2) is 29.7 Å². The number of aryl methyl sites for hydroxylation is 1. The molecule has 5 N–H and O–H groups in total. The first-order valence-electron chi connectivity index (χ1n) is 10.1. The van der Waals surface area contributed by atoms with Gasteiger partial charge >= 0.3 is 0 Å². The molecule has 1 fully saturated rings. The lowest BCUT2D eigenvalue weighted by atomic mass is 9.98. The average Bonchev–Trinajstić information content (AvgIpc) is 3.55. The van der Waals surface area contributed by atoms with Gasteiger partial charge in [0.25, 0.3) is 11.5 Å². The maximum Gasteiger partial charge on any atom is 0.258 e. The van der Waals surface area contributed by atoms with Gasteiger partial charge < -0.3 is 26.1 Å². The summed E-state index contributed by atoms with van der Waals surface area (Å²) in [6.45, 7) is 5.75. The quantitative estimate of drug-likeness (QED) is 0.669. The molecule has 30 heavy (non-hydrogen) atoms. The highest BCUT2D eigenvalue weighted by molar-refractivity contribution is 5.96. The van der Waals surface area contributed by atoms with Crippen LogP contribution in [0.2, 0.25) is 0 Å². The lowest BCUT2D eigenvalue weighted by Crippen LogP contribution is -2.43. The standard InChI is InChI=1S/C22H27N3O3.CH5N/c1-13(2)28-12-20-16(11-23)10-19(22(27)25(20)4)18-9-15(6-5-14(18)3)21(26)24-17-7-8-17;1-2/h5-6,9-13,17H,7-8,23H2,1-4H3,(H,24,26);2H2,1H3/b16-11-,20-12-;. The largest absolute Gasteiger partial charge is 0.496 e. The molecule has 1 aromatic heterocycles. The number of nitrogens with one attached hydrogen (secondary N) is 1. The molecule has 2 aromatic rings. The summed E-state index contributed by atoms with van der Waals surface area (Å²) in [5.41, 5.74) is 12.8. The zero-order valence-electron chi connectivity index (χ0n) is 18.4. The van der Waals surface area contributed by atoms with Gasteiger partial charge in [-0.15, -0.1) is 0 Å². The van der Waals surface area contributed by atoms with E-state index in [1.165, 1.54) is 17.8 Å². The molecule has 1 amide bonds. The number of carbonyl (C=O) groups is 1. The van der Waals surface area contributed by atoms with Gasteiger partial charge in [-0.2, -0.15) is 0 Å². The van der Waals surface area contributed by atoms with Crippen molar-refractivity contribution in [2.75, 3.05) is 7.05 Å². The van der Waals surface area contributed by atoms with Crippen molar-refractivity contribution in [2.24, 2.45) is 18.5 Å². The maximum absolute atomic E-state index is 13.1. The van der Waals surface area contributed by atoms with E-state index < -0.39 is 0 Å². The Balaban J connectivity index is 0.00000155. The first kappa shape index (κ1) is 23.2. The molecule has 7 heteroatoms. The summed E-state index contributed by atoms with van der Waals surface area (Å²) in [6.07, 6.45) is 5.05. The average molecular weight is 413 g/mol. The smallest absolute Gasteiger partial charge is 0.258 e. The summed E-state index contributed by atoms with van der Waals surface area (Å²) in [4.78, 5) is 25.5. The number of carbonyl (C=O) groups excluding carboxylic acids is 1. The molecule has 7 nitrogen and oxygen atoms in total. The van der Waals surface area contributed by atoms with Crippen LogP contribution in [0.25, 0.3) is 23.6 Å². The third kappa shape index (κ3) is 5.30. The van der Waals surface area contributed by atoms with Gasteiger partial charge in [-0.3, -0.25) is 9.59 Å². The van der Waals surface area contributed by atoms with E-state index >= 15 is 0 Å². The molecule has 162 valence electrons. The van der Waals surface area contributed by atoms with Crippen molar-refractivity contribution < 1.29 is 9.53 Å². The van der Waals surface area contributed by atoms with E-state index in [0.717, 1.165) is 24.0 Å². The Labute approximate surface area is 177 Å². The number of aromatic nitrogens is 1. The van der Waals surface area contributed by atoms with Gasteiger partial charge in [0.1, 0.15) is 6.26 Å². The second-order valence-electron chi connectivity index (χ2n) is 7.51. The number of pyridine rings is 1.